The van der Waals surface area contributed by atoms with Crippen LogP contribution in [0, 0.1) is 0 Å². The van der Waals surface area contributed by atoms with Crippen LogP contribution in [0.4, 0.5) is 0 Å². The van der Waals surface area contributed by atoms with Gasteiger partial charge in [-0.2, -0.15) is 4.80 Å². The van der Waals surface area contributed by atoms with Gasteiger partial charge in [-0.25, -0.2) is 4.98 Å². The molecule has 2 amide bonds. The Bertz CT molecular complexity index is 1150. The normalized spacial score (nSPS) is 11.6. The van der Waals surface area contributed by atoms with Gasteiger partial charge in [-0.1, -0.05) is 42.5 Å². The number of carbonyl (C=O) groups excluding carboxylic acids is 2. The largest absolute Gasteiger partial charge is 0.325 e. The molecule has 1 atom stereocenters. The van der Waals surface area contributed by atoms with E-state index < -0.39 is 11.9 Å². The molecule has 0 aliphatic rings. The van der Waals surface area contributed by atoms with Crippen LogP contribution < -0.4 is 10.9 Å². The number of hydrazine groups is 1. The summed E-state index contributed by atoms with van der Waals surface area (Å²) in [7, 11) is 0. The molecule has 0 saturated carbocycles. The summed E-state index contributed by atoms with van der Waals surface area (Å²) in [6.45, 7) is 2.13. The van der Waals surface area contributed by atoms with Gasteiger partial charge in [-0.3, -0.25) is 20.4 Å². The van der Waals surface area contributed by atoms with Crippen LogP contribution in [0.2, 0.25) is 0 Å². The predicted molar refractivity (Wildman–Crippen MR) is 111 cm³/mol. The third kappa shape index (κ3) is 4.81. The number of aromatic nitrogens is 6. The average molecular weight is 416 g/mol. The maximum atomic E-state index is 12.3. The lowest BCUT2D eigenvalue weighted by Crippen LogP contribution is -2.44. The SMILES string of the molecule is C[C@@H](C(=O)NNC(=O)c1ccc(Cn2nnc(-c3ccccc3)n2)cc1)n1ccnc1. The first-order valence-electron chi connectivity index (χ1n) is 9.60. The van der Waals surface area contributed by atoms with E-state index in [9.17, 15) is 9.59 Å². The summed E-state index contributed by atoms with van der Waals surface area (Å²) >= 11 is 0. The summed E-state index contributed by atoms with van der Waals surface area (Å²) in [5.74, 6) is -0.213. The number of hydrogen-bond acceptors (Lipinski definition) is 6. The van der Waals surface area contributed by atoms with Crippen molar-refractivity contribution in [3.63, 3.8) is 0 Å². The van der Waals surface area contributed by atoms with Crippen molar-refractivity contribution in [1.82, 2.24) is 40.6 Å². The Morgan fingerprint density at radius 3 is 2.52 bits per heavy atom. The number of nitrogens with one attached hydrogen (secondary N) is 2. The summed E-state index contributed by atoms with van der Waals surface area (Å²) in [5, 5.41) is 12.5. The van der Waals surface area contributed by atoms with Gasteiger partial charge in [0.1, 0.15) is 6.04 Å². The Labute approximate surface area is 177 Å². The molecular formula is C21H20N8O2. The third-order valence-electron chi connectivity index (χ3n) is 4.68. The van der Waals surface area contributed by atoms with E-state index in [2.05, 4.69) is 31.2 Å². The topological polar surface area (TPSA) is 120 Å². The second-order valence-corrected chi connectivity index (χ2v) is 6.84. The molecule has 2 aromatic heterocycles. The zero-order valence-electron chi connectivity index (χ0n) is 16.7. The van der Waals surface area contributed by atoms with Crippen molar-refractivity contribution in [3.8, 4) is 11.4 Å². The molecule has 10 nitrogen and oxygen atoms in total. The minimum Gasteiger partial charge on any atom is -0.325 e. The zero-order valence-corrected chi connectivity index (χ0v) is 16.7. The van der Waals surface area contributed by atoms with Gasteiger partial charge in [-0.15, -0.1) is 10.2 Å². The fraction of sp³-hybridized carbons (Fsp3) is 0.143. The maximum absolute atomic E-state index is 12.3. The smallest absolute Gasteiger partial charge is 0.269 e. The van der Waals surface area contributed by atoms with E-state index in [0.717, 1.165) is 11.1 Å². The molecule has 0 unspecified atom stereocenters. The number of hydrogen-bond donors (Lipinski definition) is 2. The number of imidazole rings is 1. The van der Waals surface area contributed by atoms with Crippen LogP contribution in [-0.4, -0.2) is 41.6 Å². The van der Waals surface area contributed by atoms with Crippen molar-refractivity contribution in [3.05, 3.63) is 84.4 Å². The van der Waals surface area contributed by atoms with Crippen LogP contribution in [0.1, 0.15) is 28.9 Å². The maximum Gasteiger partial charge on any atom is 0.269 e. The summed E-state index contributed by atoms with van der Waals surface area (Å²) in [5.41, 5.74) is 7.06. The fourth-order valence-electron chi connectivity index (χ4n) is 2.87. The highest BCUT2D eigenvalue weighted by Gasteiger charge is 2.15. The second kappa shape index (κ2) is 8.99. The first-order valence-corrected chi connectivity index (χ1v) is 9.60. The molecular weight excluding hydrogens is 396 g/mol. The molecule has 2 aromatic carbocycles. The molecule has 4 rings (SSSR count). The van der Waals surface area contributed by atoms with Crippen LogP contribution >= 0.6 is 0 Å². The van der Waals surface area contributed by atoms with Gasteiger partial charge < -0.3 is 4.57 Å². The van der Waals surface area contributed by atoms with E-state index in [1.807, 2.05) is 30.3 Å². The molecule has 0 fully saturated rings. The van der Waals surface area contributed by atoms with Gasteiger partial charge >= 0.3 is 0 Å². The van der Waals surface area contributed by atoms with Crippen LogP contribution in [0.3, 0.4) is 0 Å². The summed E-state index contributed by atoms with van der Waals surface area (Å²) in [6.07, 6.45) is 4.80. The Morgan fingerprint density at radius 1 is 1.03 bits per heavy atom. The zero-order chi connectivity index (χ0) is 21.6. The summed E-state index contributed by atoms with van der Waals surface area (Å²) in [6, 6.07) is 16.1. The lowest BCUT2D eigenvalue weighted by molar-refractivity contribution is -0.124. The third-order valence-corrected chi connectivity index (χ3v) is 4.68. The van der Waals surface area contributed by atoms with Crippen molar-refractivity contribution >= 4 is 11.8 Å². The molecule has 0 spiro atoms. The molecule has 0 aliphatic heterocycles. The Morgan fingerprint density at radius 2 is 1.81 bits per heavy atom. The molecule has 156 valence electrons. The average Bonchev–Trinajstić information content (AvgIpc) is 3.50. The van der Waals surface area contributed by atoms with Gasteiger partial charge in [0.15, 0.2) is 0 Å². The molecule has 31 heavy (non-hydrogen) atoms. The molecule has 0 aliphatic carbocycles. The van der Waals surface area contributed by atoms with Gasteiger partial charge in [0.25, 0.3) is 11.8 Å². The van der Waals surface area contributed by atoms with Crippen LogP contribution in [-0.2, 0) is 11.3 Å². The standard InChI is InChI=1S/C21H20N8O2/c1-15(28-12-11-22-14-28)20(30)24-25-21(31)18-9-7-16(8-10-18)13-29-26-19(23-27-29)17-5-3-2-4-6-17/h2-12,14-15H,13H2,1H3,(H,24,30)(H,25,31)/t15-/m0/s1. The Hall–Kier alpha value is -4.34. The van der Waals surface area contributed by atoms with E-state index >= 15 is 0 Å². The van der Waals surface area contributed by atoms with E-state index in [-0.39, 0.29) is 5.91 Å². The van der Waals surface area contributed by atoms with E-state index in [1.54, 1.807) is 48.1 Å². The highest BCUT2D eigenvalue weighted by atomic mass is 16.2. The molecule has 4 aromatic rings. The lowest BCUT2D eigenvalue weighted by Gasteiger charge is -2.14. The molecule has 0 bridgehead atoms. The number of nitrogens with zero attached hydrogens (tertiary/aromatic N) is 6. The van der Waals surface area contributed by atoms with E-state index in [1.165, 1.54) is 11.1 Å². The van der Waals surface area contributed by atoms with Crippen molar-refractivity contribution in [1.29, 1.82) is 0 Å². The van der Waals surface area contributed by atoms with E-state index in [0.29, 0.717) is 17.9 Å². The van der Waals surface area contributed by atoms with Gasteiger partial charge in [0.05, 0.1) is 12.9 Å². The lowest BCUT2D eigenvalue weighted by atomic mass is 10.1. The highest BCUT2D eigenvalue weighted by molar-refractivity contribution is 5.95. The monoisotopic (exact) mass is 416 g/mol. The first-order chi connectivity index (χ1) is 15.1. The van der Waals surface area contributed by atoms with Crippen LogP contribution in [0.15, 0.2) is 73.3 Å². The number of tetrazole rings is 1. The highest BCUT2D eigenvalue weighted by Crippen LogP contribution is 2.12. The summed E-state index contributed by atoms with van der Waals surface area (Å²) in [4.78, 5) is 29.8. The first kappa shape index (κ1) is 20.0. The molecule has 2 heterocycles. The number of rotatable bonds is 6. The van der Waals surface area contributed by atoms with Gasteiger partial charge in [-0.05, 0) is 29.8 Å². The van der Waals surface area contributed by atoms with Crippen LogP contribution in [0.25, 0.3) is 11.4 Å². The predicted octanol–water partition coefficient (Wildman–Crippen LogP) is 1.61. The quantitative estimate of drug-likeness (QED) is 0.461. The van der Waals surface area contributed by atoms with E-state index in [4.69, 9.17) is 0 Å². The minimum absolute atomic E-state index is 0.352. The van der Waals surface area contributed by atoms with Crippen molar-refractivity contribution in [2.75, 3.05) is 0 Å². The molecule has 0 radical (unpaired) electrons. The van der Waals surface area contributed by atoms with Crippen molar-refractivity contribution in [2.45, 2.75) is 19.5 Å². The Balaban J connectivity index is 1.32. The minimum atomic E-state index is -0.499. The fourth-order valence-corrected chi connectivity index (χ4v) is 2.87. The van der Waals surface area contributed by atoms with Crippen LogP contribution in [0.5, 0.6) is 0 Å². The number of amides is 2. The number of benzene rings is 2. The molecule has 2 N–H and O–H groups in total. The number of carbonyl (C=O) groups is 2. The van der Waals surface area contributed by atoms with Crippen molar-refractivity contribution < 1.29 is 9.59 Å². The Kier molecular flexibility index (Phi) is 5.79. The molecule has 0 saturated heterocycles. The second-order valence-electron chi connectivity index (χ2n) is 6.84. The van der Waals surface area contributed by atoms with Gasteiger partial charge in [0.2, 0.25) is 5.82 Å². The van der Waals surface area contributed by atoms with Gasteiger partial charge in [0, 0.05) is 23.5 Å². The molecule has 10 heteroatoms. The van der Waals surface area contributed by atoms with Crippen molar-refractivity contribution in [2.24, 2.45) is 0 Å². The summed E-state index contributed by atoms with van der Waals surface area (Å²) < 4.78 is 1.64.